The molecule has 31 heavy (non-hydrogen) atoms. The van der Waals surface area contributed by atoms with E-state index in [1.54, 1.807) is 11.0 Å². The highest BCUT2D eigenvalue weighted by atomic mass is 35.5. The molecule has 166 valence electrons. The molecule has 3 N–H and O–H groups in total. The molecule has 3 aromatic rings. The summed E-state index contributed by atoms with van der Waals surface area (Å²) < 4.78 is 39.3. The van der Waals surface area contributed by atoms with E-state index in [1.807, 2.05) is 26.0 Å². The molecule has 1 aliphatic heterocycles. The van der Waals surface area contributed by atoms with Crippen molar-refractivity contribution in [2.45, 2.75) is 39.0 Å². The molecule has 0 saturated carbocycles. The Bertz CT molecular complexity index is 1110. The quantitative estimate of drug-likeness (QED) is 0.473. The highest BCUT2D eigenvalue weighted by Crippen LogP contribution is 2.36. The van der Waals surface area contributed by atoms with Crippen LogP contribution in [0.3, 0.4) is 0 Å². The zero-order chi connectivity index (χ0) is 22.9. The average molecular weight is 472 g/mol. The maximum absolute atomic E-state index is 13.1. The molecule has 0 fully saturated rings. The third-order valence-electron chi connectivity index (χ3n) is 5.17. The number of hydrogen-bond donors (Lipinski definition) is 2. The van der Waals surface area contributed by atoms with Crippen LogP contribution >= 0.6 is 23.2 Å². The number of carbonyl (C=O) groups is 1. The summed E-state index contributed by atoms with van der Waals surface area (Å²) in [7, 11) is 0. The molecule has 2 heterocycles. The van der Waals surface area contributed by atoms with Crippen LogP contribution in [0, 0.1) is 0 Å². The van der Waals surface area contributed by atoms with Crippen LogP contribution in [-0.4, -0.2) is 22.3 Å². The number of H-pyrrole nitrogens is 1. The Morgan fingerprint density at radius 3 is 2.55 bits per heavy atom. The van der Waals surface area contributed by atoms with Crippen LogP contribution in [-0.2, 0) is 23.9 Å². The summed E-state index contributed by atoms with van der Waals surface area (Å²) in [6, 6.07) is 7.62. The Labute approximate surface area is 188 Å². The smallest absolute Gasteiger partial charge is 0.357 e. The molecule has 0 saturated heterocycles. The number of nitrogens with two attached hydrogens (primary N) is 1. The van der Waals surface area contributed by atoms with Gasteiger partial charge in [0.15, 0.2) is 0 Å². The van der Waals surface area contributed by atoms with Crippen molar-refractivity contribution < 1.29 is 18.0 Å². The van der Waals surface area contributed by atoms with E-state index in [1.165, 1.54) is 6.07 Å². The number of fused-ring (bicyclic) bond motifs is 3. The molecule has 1 aliphatic rings. The van der Waals surface area contributed by atoms with Gasteiger partial charge in [0, 0.05) is 28.2 Å². The maximum Gasteiger partial charge on any atom is 0.417 e. The minimum Gasteiger partial charge on any atom is -0.357 e. The largest absolute Gasteiger partial charge is 0.417 e. The van der Waals surface area contributed by atoms with Crippen molar-refractivity contribution in [3.63, 3.8) is 0 Å². The fraction of sp³-hybridized carbons (Fsp3) is 0.318. The second kappa shape index (κ2) is 9.10. The fourth-order valence-corrected chi connectivity index (χ4v) is 4.09. The first kappa shape index (κ1) is 23.4. The minimum absolute atomic E-state index is 0.0703. The molecule has 1 atom stereocenters. The van der Waals surface area contributed by atoms with Gasteiger partial charge in [-0.05, 0) is 47.9 Å². The Kier molecular flexibility index (Phi) is 6.88. The maximum atomic E-state index is 13.1. The van der Waals surface area contributed by atoms with Gasteiger partial charge in [-0.3, -0.25) is 4.79 Å². The van der Waals surface area contributed by atoms with Gasteiger partial charge < -0.3 is 15.6 Å². The number of nitrogens with zero attached hydrogens (tertiary/aromatic N) is 1. The normalized spacial score (nSPS) is 14.6. The molecule has 0 radical (unpaired) electrons. The summed E-state index contributed by atoms with van der Waals surface area (Å²) >= 11 is 11.7. The van der Waals surface area contributed by atoms with Gasteiger partial charge >= 0.3 is 6.18 Å². The molecule has 4 nitrogen and oxygen atoms in total. The van der Waals surface area contributed by atoms with Crippen LogP contribution in [0.25, 0.3) is 10.9 Å². The summed E-state index contributed by atoms with van der Waals surface area (Å²) in [4.78, 5) is 17.7. The van der Waals surface area contributed by atoms with E-state index in [4.69, 9.17) is 28.9 Å². The van der Waals surface area contributed by atoms with Crippen LogP contribution in [0.15, 0.2) is 36.4 Å². The molecule has 1 unspecified atom stereocenters. The molecular formula is C22H22Cl2F3N3O. The second-order valence-electron chi connectivity index (χ2n) is 7.00. The van der Waals surface area contributed by atoms with E-state index < -0.39 is 28.7 Å². The lowest BCUT2D eigenvalue weighted by Gasteiger charge is -2.29. The van der Waals surface area contributed by atoms with Gasteiger partial charge in [0.2, 0.25) is 5.91 Å². The van der Waals surface area contributed by atoms with Crippen LogP contribution in [0.1, 0.15) is 42.3 Å². The molecule has 4 rings (SSSR count). The number of alkyl halides is 3. The fourth-order valence-electron chi connectivity index (χ4n) is 3.69. The van der Waals surface area contributed by atoms with Gasteiger partial charge in [-0.15, -0.1) is 0 Å². The van der Waals surface area contributed by atoms with Crippen molar-refractivity contribution >= 4 is 40.0 Å². The van der Waals surface area contributed by atoms with Crippen molar-refractivity contribution in [2.24, 2.45) is 5.73 Å². The monoisotopic (exact) mass is 471 g/mol. The topological polar surface area (TPSA) is 62.1 Å². The number of amides is 1. The lowest BCUT2D eigenvalue weighted by atomic mass is 10.00. The molecule has 0 spiro atoms. The van der Waals surface area contributed by atoms with E-state index in [-0.39, 0.29) is 5.56 Å². The minimum atomic E-state index is -4.62. The van der Waals surface area contributed by atoms with Gasteiger partial charge in [0.1, 0.15) is 6.04 Å². The molecule has 1 aromatic heterocycles. The number of aromatic amines is 1. The summed E-state index contributed by atoms with van der Waals surface area (Å²) in [6.45, 7) is 4.71. The van der Waals surface area contributed by atoms with Gasteiger partial charge in [0.05, 0.1) is 17.1 Å². The zero-order valence-corrected chi connectivity index (χ0v) is 18.5. The number of nitrogens with one attached hydrogen (secondary N) is 1. The Balaban J connectivity index is 0.00000132. The average Bonchev–Trinajstić information content (AvgIpc) is 3.10. The SMILES string of the molecule is CC.NC(C(=O)N1CCc2c([nH]c3ccc(Cl)cc23)C1)c1ccc(Cl)c(C(F)(F)F)c1. The number of carbonyl (C=O) groups excluding carboxylic acids is 1. The van der Waals surface area contributed by atoms with Crippen molar-refractivity contribution in [3.05, 3.63) is 68.8 Å². The van der Waals surface area contributed by atoms with Crippen molar-refractivity contribution in [1.29, 1.82) is 0 Å². The van der Waals surface area contributed by atoms with E-state index in [9.17, 15) is 18.0 Å². The van der Waals surface area contributed by atoms with E-state index in [0.29, 0.717) is 24.5 Å². The van der Waals surface area contributed by atoms with E-state index in [0.717, 1.165) is 34.3 Å². The highest BCUT2D eigenvalue weighted by Gasteiger charge is 2.35. The van der Waals surface area contributed by atoms with Gasteiger partial charge in [0.25, 0.3) is 0 Å². The number of benzene rings is 2. The Morgan fingerprint density at radius 1 is 1.16 bits per heavy atom. The van der Waals surface area contributed by atoms with Gasteiger partial charge in [-0.2, -0.15) is 13.2 Å². The third kappa shape index (κ3) is 4.68. The standard InChI is InChI=1S/C20H16Cl2F3N3O.C2H6/c21-11-2-4-16-13(8-11)12-5-6-28(9-17(12)27-16)19(29)18(26)10-1-3-15(22)14(7-10)20(23,24)25;1-2/h1-4,7-8,18,27H,5-6,9,26H2;1-2H3. The summed E-state index contributed by atoms with van der Waals surface area (Å²) in [5.74, 6) is -0.442. The molecule has 9 heteroatoms. The van der Waals surface area contributed by atoms with Crippen LogP contribution < -0.4 is 5.73 Å². The summed E-state index contributed by atoms with van der Waals surface area (Å²) in [6.07, 6.45) is -4.02. The first-order valence-corrected chi connectivity index (χ1v) is 10.6. The number of aromatic nitrogens is 1. The molecule has 2 aromatic carbocycles. The van der Waals surface area contributed by atoms with E-state index >= 15 is 0 Å². The van der Waals surface area contributed by atoms with Crippen molar-refractivity contribution in [1.82, 2.24) is 9.88 Å². The van der Waals surface area contributed by atoms with Gasteiger partial charge in [-0.1, -0.05) is 43.1 Å². The Morgan fingerprint density at radius 2 is 1.87 bits per heavy atom. The predicted molar refractivity (Wildman–Crippen MR) is 117 cm³/mol. The predicted octanol–water partition coefficient (Wildman–Crippen LogP) is 6.10. The third-order valence-corrected chi connectivity index (χ3v) is 5.73. The lowest BCUT2D eigenvalue weighted by Crippen LogP contribution is -2.41. The van der Waals surface area contributed by atoms with Crippen molar-refractivity contribution in [3.8, 4) is 0 Å². The first-order chi connectivity index (χ1) is 14.6. The van der Waals surface area contributed by atoms with E-state index in [2.05, 4.69) is 4.98 Å². The lowest BCUT2D eigenvalue weighted by molar-refractivity contribution is -0.138. The van der Waals surface area contributed by atoms with Crippen LogP contribution in [0.5, 0.6) is 0 Å². The summed E-state index contributed by atoms with van der Waals surface area (Å²) in [5, 5.41) is 1.21. The molecule has 1 amide bonds. The molecule has 0 aliphatic carbocycles. The highest BCUT2D eigenvalue weighted by molar-refractivity contribution is 6.31. The molecule has 0 bridgehead atoms. The first-order valence-electron chi connectivity index (χ1n) is 9.85. The zero-order valence-electron chi connectivity index (χ0n) is 17.0. The van der Waals surface area contributed by atoms with Gasteiger partial charge in [-0.25, -0.2) is 0 Å². The number of rotatable bonds is 2. The Hall–Kier alpha value is -2.22. The molecular weight excluding hydrogens is 450 g/mol. The van der Waals surface area contributed by atoms with Crippen LogP contribution in [0.4, 0.5) is 13.2 Å². The van der Waals surface area contributed by atoms with Crippen LogP contribution in [0.2, 0.25) is 10.0 Å². The summed E-state index contributed by atoms with van der Waals surface area (Å²) in [5.41, 5.74) is 7.97. The number of halogens is 5. The van der Waals surface area contributed by atoms with Crippen molar-refractivity contribution in [2.75, 3.05) is 6.54 Å². The second-order valence-corrected chi connectivity index (χ2v) is 7.84. The number of hydrogen-bond acceptors (Lipinski definition) is 2.